The number of rotatable bonds is 3. The lowest BCUT2D eigenvalue weighted by atomic mass is 9.53. The fraction of sp³-hybridized carbons (Fsp3) is 0.750. The van der Waals surface area contributed by atoms with Gasteiger partial charge < -0.3 is 10.8 Å². The molecule has 2 fully saturated rings. The first kappa shape index (κ1) is 10.7. The smallest absolute Gasteiger partial charge is 0.303 e. The number of aliphatic carboxylic acids is 1. The van der Waals surface area contributed by atoms with E-state index >= 15 is 0 Å². The van der Waals surface area contributed by atoms with Crippen LogP contribution in [0.15, 0.2) is 11.6 Å². The third-order valence-electron chi connectivity index (χ3n) is 4.35. The average Bonchev–Trinajstić information content (AvgIpc) is 2.53. The van der Waals surface area contributed by atoms with Crippen molar-refractivity contribution in [3.63, 3.8) is 0 Å². The van der Waals surface area contributed by atoms with Gasteiger partial charge in [0.25, 0.3) is 0 Å². The van der Waals surface area contributed by atoms with Crippen LogP contribution in [0.1, 0.15) is 32.6 Å². The molecule has 0 aromatic rings. The first-order valence-corrected chi connectivity index (χ1v) is 5.67. The van der Waals surface area contributed by atoms with Crippen molar-refractivity contribution in [2.45, 2.75) is 32.6 Å². The van der Waals surface area contributed by atoms with E-state index in [1.807, 2.05) is 0 Å². The summed E-state index contributed by atoms with van der Waals surface area (Å²) in [5.41, 5.74) is 7.17. The standard InChI is InChI=1S/C12H19NO2/c1-2-8-3-9-5-12(7-13,6-11(14)15)10(9)4-8/h2,9-10H,3-7,13H2,1H3,(H,14,15)/b8-2+/t9-,10-,12-/m1/s1. The van der Waals surface area contributed by atoms with Gasteiger partial charge in [-0.05, 0) is 50.0 Å². The molecule has 15 heavy (non-hydrogen) atoms. The highest BCUT2D eigenvalue weighted by Gasteiger charge is 2.56. The minimum Gasteiger partial charge on any atom is -0.481 e. The summed E-state index contributed by atoms with van der Waals surface area (Å²) in [4.78, 5) is 10.8. The summed E-state index contributed by atoms with van der Waals surface area (Å²) in [6.45, 7) is 2.60. The quantitative estimate of drug-likeness (QED) is 0.696. The predicted octanol–water partition coefficient (Wildman–Crippen LogP) is 1.78. The molecule has 0 amide bonds. The molecule has 0 unspecified atom stereocenters. The Hall–Kier alpha value is -0.830. The molecule has 0 heterocycles. The maximum absolute atomic E-state index is 10.8. The van der Waals surface area contributed by atoms with Gasteiger partial charge in [0.1, 0.15) is 0 Å². The second kappa shape index (κ2) is 3.63. The summed E-state index contributed by atoms with van der Waals surface area (Å²) >= 11 is 0. The molecule has 84 valence electrons. The van der Waals surface area contributed by atoms with E-state index in [0.717, 1.165) is 12.8 Å². The van der Waals surface area contributed by atoms with E-state index in [0.29, 0.717) is 18.4 Å². The summed E-state index contributed by atoms with van der Waals surface area (Å²) in [7, 11) is 0. The van der Waals surface area contributed by atoms with Gasteiger partial charge in [0, 0.05) is 0 Å². The molecule has 0 aromatic carbocycles. The Kier molecular flexibility index (Phi) is 2.59. The third-order valence-corrected chi connectivity index (χ3v) is 4.35. The Balaban J connectivity index is 2.09. The fourth-order valence-corrected chi connectivity index (χ4v) is 3.50. The zero-order valence-electron chi connectivity index (χ0n) is 9.20. The van der Waals surface area contributed by atoms with Crippen LogP contribution >= 0.6 is 0 Å². The molecule has 0 aliphatic heterocycles. The van der Waals surface area contributed by atoms with Crippen LogP contribution in [0, 0.1) is 17.3 Å². The summed E-state index contributed by atoms with van der Waals surface area (Å²) in [6, 6.07) is 0. The van der Waals surface area contributed by atoms with Gasteiger partial charge in [-0.1, -0.05) is 11.6 Å². The third kappa shape index (κ3) is 1.59. The predicted molar refractivity (Wildman–Crippen MR) is 58.3 cm³/mol. The molecular formula is C12H19NO2. The Morgan fingerprint density at radius 3 is 2.93 bits per heavy atom. The lowest BCUT2D eigenvalue weighted by Gasteiger charge is -2.51. The number of carboxylic acid groups (broad SMARTS) is 1. The number of carbonyl (C=O) groups is 1. The van der Waals surface area contributed by atoms with Crippen molar-refractivity contribution in [1.29, 1.82) is 0 Å². The van der Waals surface area contributed by atoms with Crippen LogP contribution in [0.25, 0.3) is 0 Å². The molecule has 3 atom stereocenters. The van der Waals surface area contributed by atoms with Crippen LogP contribution in [0.4, 0.5) is 0 Å². The van der Waals surface area contributed by atoms with Crippen LogP contribution in [0.2, 0.25) is 0 Å². The number of fused-ring (bicyclic) bond motifs is 1. The lowest BCUT2D eigenvalue weighted by Crippen LogP contribution is -2.51. The molecule has 3 nitrogen and oxygen atoms in total. The van der Waals surface area contributed by atoms with E-state index in [1.54, 1.807) is 0 Å². The molecule has 2 rings (SSSR count). The van der Waals surface area contributed by atoms with Gasteiger partial charge in [-0.2, -0.15) is 0 Å². The topological polar surface area (TPSA) is 63.3 Å². The SMILES string of the molecule is C/C=C1\C[C@@H]2C[C@](CN)(CC(=O)O)[C@@H]2C1. The van der Waals surface area contributed by atoms with Crippen LogP contribution in [0.3, 0.4) is 0 Å². The average molecular weight is 209 g/mol. The molecule has 2 aliphatic rings. The van der Waals surface area contributed by atoms with E-state index in [9.17, 15) is 4.79 Å². The maximum atomic E-state index is 10.8. The van der Waals surface area contributed by atoms with Crippen molar-refractivity contribution in [1.82, 2.24) is 0 Å². The van der Waals surface area contributed by atoms with Crippen LogP contribution in [0.5, 0.6) is 0 Å². The van der Waals surface area contributed by atoms with E-state index in [2.05, 4.69) is 13.0 Å². The Morgan fingerprint density at radius 2 is 2.40 bits per heavy atom. The highest BCUT2D eigenvalue weighted by molar-refractivity contribution is 5.68. The van der Waals surface area contributed by atoms with E-state index in [-0.39, 0.29) is 11.8 Å². The van der Waals surface area contributed by atoms with Crippen molar-refractivity contribution in [3.8, 4) is 0 Å². The zero-order chi connectivity index (χ0) is 11.1. The van der Waals surface area contributed by atoms with Crippen LogP contribution in [-0.4, -0.2) is 17.6 Å². The summed E-state index contributed by atoms with van der Waals surface area (Å²) in [6.07, 6.45) is 5.69. The van der Waals surface area contributed by atoms with Gasteiger partial charge in [0.2, 0.25) is 0 Å². The second-order valence-electron chi connectivity index (χ2n) is 5.06. The van der Waals surface area contributed by atoms with Crippen molar-refractivity contribution < 1.29 is 9.90 Å². The van der Waals surface area contributed by atoms with Gasteiger partial charge in [0.15, 0.2) is 0 Å². The summed E-state index contributed by atoms with van der Waals surface area (Å²) in [5.74, 6) is 0.539. The first-order chi connectivity index (χ1) is 7.11. The van der Waals surface area contributed by atoms with Gasteiger partial charge in [-0.3, -0.25) is 4.79 Å². The van der Waals surface area contributed by atoms with Crippen molar-refractivity contribution in [3.05, 3.63) is 11.6 Å². The fourth-order valence-electron chi connectivity index (χ4n) is 3.50. The number of allylic oxidation sites excluding steroid dienone is 2. The first-order valence-electron chi connectivity index (χ1n) is 5.67. The summed E-state index contributed by atoms with van der Waals surface area (Å²) in [5, 5.41) is 8.92. The van der Waals surface area contributed by atoms with Gasteiger partial charge in [0.05, 0.1) is 6.42 Å². The highest BCUT2D eigenvalue weighted by atomic mass is 16.4. The largest absolute Gasteiger partial charge is 0.481 e. The maximum Gasteiger partial charge on any atom is 0.303 e. The van der Waals surface area contributed by atoms with Crippen LogP contribution in [-0.2, 0) is 4.79 Å². The Bertz CT molecular complexity index is 311. The number of hydrogen-bond donors (Lipinski definition) is 2. The highest BCUT2D eigenvalue weighted by Crippen LogP contribution is 2.61. The van der Waals surface area contributed by atoms with Crippen molar-refractivity contribution >= 4 is 5.97 Å². The number of nitrogens with two attached hydrogens (primary N) is 1. The van der Waals surface area contributed by atoms with E-state index < -0.39 is 5.97 Å². The van der Waals surface area contributed by atoms with Gasteiger partial charge >= 0.3 is 5.97 Å². The van der Waals surface area contributed by atoms with E-state index in [4.69, 9.17) is 10.8 Å². The minimum atomic E-state index is -0.701. The molecule has 0 aromatic heterocycles. The summed E-state index contributed by atoms with van der Waals surface area (Å²) < 4.78 is 0. The van der Waals surface area contributed by atoms with Gasteiger partial charge in [-0.15, -0.1) is 0 Å². The minimum absolute atomic E-state index is 0.0960. The molecule has 0 bridgehead atoms. The molecule has 0 spiro atoms. The van der Waals surface area contributed by atoms with Gasteiger partial charge in [-0.25, -0.2) is 0 Å². The molecule has 3 N–H and O–H groups in total. The van der Waals surface area contributed by atoms with Crippen molar-refractivity contribution in [2.75, 3.05) is 6.54 Å². The van der Waals surface area contributed by atoms with E-state index in [1.165, 1.54) is 12.0 Å². The number of hydrogen-bond acceptors (Lipinski definition) is 2. The molecule has 3 heteroatoms. The Morgan fingerprint density at radius 1 is 1.67 bits per heavy atom. The molecule has 2 saturated carbocycles. The zero-order valence-corrected chi connectivity index (χ0v) is 9.20. The Labute approximate surface area is 90.3 Å². The number of carboxylic acids is 1. The molecule has 0 saturated heterocycles. The second-order valence-corrected chi connectivity index (χ2v) is 5.06. The molecule has 0 radical (unpaired) electrons. The lowest BCUT2D eigenvalue weighted by molar-refractivity contribution is -0.145. The molecule has 2 aliphatic carbocycles. The monoisotopic (exact) mass is 209 g/mol. The normalized spacial score (nSPS) is 41.3. The van der Waals surface area contributed by atoms with Crippen LogP contribution < -0.4 is 5.73 Å². The van der Waals surface area contributed by atoms with Crippen molar-refractivity contribution in [2.24, 2.45) is 23.0 Å². The molecular weight excluding hydrogens is 190 g/mol.